The van der Waals surface area contributed by atoms with Gasteiger partial charge in [-0.05, 0) is 31.6 Å². The van der Waals surface area contributed by atoms with Gasteiger partial charge < -0.3 is 0 Å². The first-order chi connectivity index (χ1) is 14.8. The van der Waals surface area contributed by atoms with Crippen LogP contribution in [0.1, 0.15) is 161 Å². The van der Waals surface area contributed by atoms with E-state index in [0.717, 1.165) is 18.8 Å². The number of rotatable bonds is 25. The Labute approximate surface area is 193 Å². The molecule has 0 aliphatic carbocycles. The fourth-order valence-electron chi connectivity index (χ4n) is 4.37. The van der Waals surface area contributed by atoms with E-state index < -0.39 is 0 Å². The molecule has 0 aliphatic heterocycles. The summed E-state index contributed by atoms with van der Waals surface area (Å²) in [7, 11) is 0. The van der Waals surface area contributed by atoms with Crippen molar-refractivity contribution in [1.29, 1.82) is 0 Å². The summed E-state index contributed by atoms with van der Waals surface area (Å²) >= 11 is 0. The zero-order valence-electron chi connectivity index (χ0n) is 21.1. The first-order valence-electron chi connectivity index (χ1n) is 14.0. The van der Waals surface area contributed by atoms with Crippen LogP contribution in [0.25, 0.3) is 0 Å². The Hall–Kier alpha value is -0.260. The molecule has 30 heavy (non-hydrogen) atoms. The van der Waals surface area contributed by atoms with Crippen LogP contribution in [-0.4, -0.2) is 0 Å². The van der Waals surface area contributed by atoms with Crippen LogP contribution >= 0.6 is 0 Å². The Kier molecular flexibility index (Phi) is 26.5. The van der Waals surface area contributed by atoms with Crippen molar-refractivity contribution in [2.24, 2.45) is 5.92 Å². The van der Waals surface area contributed by atoms with Crippen LogP contribution < -0.4 is 0 Å². The quantitative estimate of drug-likeness (QED) is 0.102. The second-order valence-electron chi connectivity index (χ2n) is 9.80. The molecular weight excluding hydrogens is 360 g/mol. The molecule has 0 fully saturated rings. The molecule has 0 rings (SSSR count). The van der Waals surface area contributed by atoms with Gasteiger partial charge >= 0.3 is 0 Å². The summed E-state index contributed by atoms with van der Waals surface area (Å²) in [5.74, 6) is 0.906. The average Bonchev–Trinajstić information content (AvgIpc) is 2.75. The maximum Gasteiger partial charge on any atom is -0.0351 e. The van der Waals surface area contributed by atoms with Crippen LogP contribution in [0.15, 0.2) is 12.2 Å². The van der Waals surface area contributed by atoms with E-state index in [2.05, 4.69) is 32.9 Å². The molecule has 0 saturated heterocycles. The molecule has 1 atom stereocenters. The van der Waals surface area contributed by atoms with Gasteiger partial charge in [0.2, 0.25) is 0 Å². The van der Waals surface area contributed by atoms with Crippen molar-refractivity contribution < 1.29 is 0 Å². The van der Waals surface area contributed by atoms with Crippen molar-refractivity contribution in [3.63, 3.8) is 0 Å². The molecule has 0 heteroatoms. The topological polar surface area (TPSA) is 0 Å². The zero-order valence-corrected chi connectivity index (χ0v) is 21.1. The van der Waals surface area contributed by atoms with E-state index in [9.17, 15) is 0 Å². The first-order valence-corrected chi connectivity index (χ1v) is 14.0. The van der Waals surface area contributed by atoms with E-state index in [-0.39, 0.29) is 0 Å². The Morgan fingerprint density at radius 1 is 0.433 bits per heavy atom. The van der Waals surface area contributed by atoms with Gasteiger partial charge in [0, 0.05) is 0 Å². The fourth-order valence-corrected chi connectivity index (χ4v) is 4.37. The van der Waals surface area contributed by atoms with Gasteiger partial charge in [0.1, 0.15) is 0 Å². The molecule has 0 aromatic heterocycles. The second-order valence-corrected chi connectivity index (χ2v) is 9.80. The van der Waals surface area contributed by atoms with Gasteiger partial charge in [0.15, 0.2) is 0 Å². The summed E-state index contributed by atoms with van der Waals surface area (Å²) in [6, 6.07) is 0. The number of unbranched alkanes of at least 4 members (excludes halogenated alkanes) is 19. The van der Waals surface area contributed by atoms with Crippen molar-refractivity contribution in [3.05, 3.63) is 26.0 Å². The molecule has 0 aliphatic rings. The van der Waals surface area contributed by atoms with Crippen molar-refractivity contribution >= 4 is 0 Å². The number of allylic oxidation sites excluding steroid dienone is 2. The average molecular weight is 419 g/mol. The summed E-state index contributed by atoms with van der Waals surface area (Å²) in [6.45, 7) is 10.3. The first kappa shape index (κ1) is 29.7. The lowest BCUT2D eigenvalue weighted by molar-refractivity contribution is 0.454. The van der Waals surface area contributed by atoms with Gasteiger partial charge in [-0.1, -0.05) is 161 Å². The van der Waals surface area contributed by atoms with E-state index in [1.165, 1.54) is 141 Å². The molecule has 0 nitrogen and oxygen atoms in total. The minimum absolute atomic E-state index is 0.906. The fraction of sp³-hybridized carbons (Fsp3) is 0.867. The van der Waals surface area contributed by atoms with Crippen LogP contribution in [0.3, 0.4) is 0 Å². The highest BCUT2D eigenvalue weighted by molar-refractivity contribution is 4.81. The largest absolute Gasteiger partial charge is 0.0885 e. The molecule has 178 valence electrons. The monoisotopic (exact) mass is 418 g/mol. The molecule has 0 amide bonds. The van der Waals surface area contributed by atoms with Gasteiger partial charge in [-0.2, -0.15) is 0 Å². The Bertz CT molecular complexity index is 316. The second kappa shape index (κ2) is 26.8. The predicted octanol–water partition coefficient (Wildman–Crippen LogP) is 11.2. The normalized spacial score (nSPS) is 12.8. The SMILES string of the molecule is [CH2]CCCCCCCCCCCCCCCCC/C=C/CCCC(C)CCCC[CH2]. The predicted molar refractivity (Wildman–Crippen MR) is 140 cm³/mol. The third kappa shape index (κ3) is 25.8. The lowest BCUT2D eigenvalue weighted by Crippen LogP contribution is -1.94. The van der Waals surface area contributed by atoms with Crippen LogP contribution in [0.4, 0.5) is 0 Å². The summed E-state index contributed by atoms with van der Waals surface area (Å²) in [5, 5.41) is 0. The number of hydrogen-bond acceptors (Lipinski definition) is 0. The molecular formula is C30H58. The highest BCUT2D eigenvalue weighted by Crippen LogP contribution is 2.17. The standard InChI is InChI=1S/C30H58/c1-4-6-8-9-10-11-12-13-14-15-16-17-18-19-20-21-22-23-24-25-27-29-30(3)28-26-7-5-2/h23-24,30H,1-2,4-22,25-29H2,3H3/b24-23+. The third-order valence-corrected chi connectivity index (χ3v) is 6.55. The van der Waals surface area contributed by atoms with E-state index in [1.807, 2.05) is 0 Å². The summed E-state index contributed by atoms with van der Waals surface area (Å²) in [6.07, 6.45) is 38.2. The third-order valence-electron chi connectivity index (χ3n) is 6.55. The molecule has 0 spiro atoms. The van der Waals surface area contributed by atoms with Crippen molar-refractivity contribution in [2.45, 2.75) is 161 Å². The lowest BCUT2D eigenvalue weighted by atomic mass is 9.97. The van der Waals surface area contributed by atoms with E-state index >= 15 is 0 Å². The summed E-state index contributed by atoms with van der Waals surface area (Å²) in [5.41, 5.74) is 0. The van der Waals surface area contributed by atoms with E-state index in [0.29, 0.717) is 0 Å². The van der Waals surface area contributed by atoms with Gasteiger partial charge in [0.05, 0.1) is 0 Å². The van der Waals surface area contributed by atoms with Crippen molar-refractivity contribution in [2.75, 3.05) is 0 Å². The lowest BCUT2D eigenvalue weighted by Gasteiger charge is -2.09. The molecule has 0 heterocycles. The van der Waals surface area contributed by atoms with Crippen molar-refractivity contribution in [1.82, 2.24) is 0 Å². The highest BCUT2D eigenvalue weighted by atomic mass is 14.1. The molecule has 0 N–H and O–H groups in total. The molecule has 1 unspecified atom stereocenters. The van der Waals surface area contributed by atoms with Crippen molar-refractivity contribution in [3.8, 4) is 0 Å². The van der Waals surface area contributed by atoms with E-state index in [4.69, 9.17) is 0 Å². The van der Waals surface area contributed by atoms with Gasteiger partial charge in [-0.3, -0.25) is 0 Å². The highest BCUT2D eigenvalue weighted by Gasteiger charge is 2.00. The maximum absolute atomic E-state index is 3.93. The molecule has 0 aromatic carbocycles. The zero-order chi connectivity index (χ0) is 22.0. The smallest absolute Gasteiger partial charge is 0.0351 e. The Morgan fingerprint density at radius 2 is 0.767 bits per heavy atom. The minimum atomic E-state index is 0.906. The summed E-state index contributed by atoms with van der Waals surface area (Å²) < 4.78 is 0. The summed E-state index contributed by atoms with van der Waals surface area (Å²) in [4.78, 5) is 0. The van der Waals surface area contributed by atoms with Gasteiger partial charge in [-0.15, -0.1) is 0 Å². The molecule has 0 aromatic rings. The van der Waals surface area contributed by atoms with E-state index in [1.54, 1.807) is 0 Å². The van der Waals surface area contributed by atoms with Gasteiger partial charge in [-0.25, -0.2) is 0 Å². The maximum atomic E-state index is 3.93. The van der Waals surface area contributed by atoms with Crippen LogP contribution in [-0.2, 0) is 0 Å². The van der Waals surface area contributed by atoms with Crippen LogP contribution in [0, 0.1) is 19.8 Å². The Morgan fingerprint density at radius 3 is 1.23 bits per heavy atom. The van der Waals surface area contributed by atoms with Crippen LogP contribution in [0.5, 0.6) is 0 Å². The molecule has 0 bridgehead atoms. The Balaban J connectivity index is 3.13. The molecule has 0 saturated carbocycles. The van der Waals surface area contributed by atoms with Crippen LogP contribution in [0.2, 0.25) is 0 Å². The van der Waals surface area contributed by atoms with Gasteiger partial charge in [0.25, 0.3) is 0 Å². The minimum Gasteiger partial charge on any atom is -0.0885 e. The number of hydrogen-bond donors (Lipinski definition) is 0. The molecule has 2 radical (unpaired) electrons.